The number of rotatable bonds is 11. The van der Waals surface area contributed by atoms with Crippen molar-refractivity contribution < 1.29 is 9.05 Å². The maximum absolute atomic E-state index is 6.03. The van der Waals surface area contributed by atoms with Gasteiger partial charge in [0.25, 0.3) is 0 Å². The molecule has 0 heterocycles. The van der Waals surface area contributed by atoms with Crippen molar-refractivity contribution >= 4 is 28.9 Å². The Morgan fingerprint density at radius 1 is 1.00 bits per heavy atom. The van der Waals surface area contributed by atoms with Gasteiger partial charge >= 0.3 is 0 Å². The van der Waals surface area contributed by atoms with Crippen molar-refractivity contribution in [2.75, 3.05) is 13.2 Å². The molecule has 20 heavy (non-hydrogen) atoms. The van der Waals surface area contributed by atoms with Crippen molar-refractivity contribution in [3.05, 3.63) is 0 Å². The molecule has 0 saturated carbocycles. The molecule has 0 aliphatic carbocycles. The summed E-state index contributed by atoms with van der Waals surface area (Å²) >= 11 is 7.48. The highest BCUT2D eigenvalue weighted by Gasteiger charge is 2.30. The maximum atomic E-state index is 6.03. The van der Waals surface area contributed by atoms with Crippen LogP contribution in [0.15, 0.2) is 0 Å². The Labute approximate surface area is 135 Å². The van der Waals surface area contributed by atoms with Crippen LogP contribution in [0.25, 0.3) is 0 Å². The van der Waals surface area contributed by atoms with Crippen LogP contribution in [0, 0.1) is 11.8 Å². The summed E-state index contributed by atoms with van der Waals surface area (Å²) in [5, 5.41) is 0. The summed E-state index contributed by atoms with van der Waals surface area (Å²) in [6, 6.07) is 0. The van der Waals surface area contributed by atoms with Crippen molar-refractivity contribution in [2.24, 2.45) is 11.8 Å². The van der Waals surface area contributed by atoms with Gasteiger partial charge in [0.2, 0.25) is 5.69 Å². The molecule has 0 unspecified atom stereocenters. The lowest BCUT2D eigenvalue weighted by Crippen LogP contribution is -2.14. The molecule has 0 fully saturated rings. The second-order valence-corrected chi connectivity index (χ2v) is 13.5. The van der Waals surface area contributed by atoms with E-state index in [9.17, 15) is 0 Å². The van der Waals surface area contributed by atoms with E-state index in [2.05, 4.69) is 48.5 Å². The van der Waals surface area contributed by atoms with Gasteiger partial charge in [-0.2, -0.15) is 0 Å². The van der Waals surface area contributed by atoms with E-state index in [1.807, 2.05) is 0 Å². The van der Waals surface area contributed by atoms with Crippen LogP contribution < -0.4 is 0 Å². The molecule has 0 saturated heterocycles. The predicted octanol–water partition coefficient (Wildman–Crippen LogP) is 6.26. The summed E-state index contributed by atoms with van der Waals surface area (Å²) in [6.07, 6.45) is 3.15. The van der Waals surface area contributed by atoms with Gasteiger partial charge in [0, 0.05) is 4.75 Å². The van der Waals surface area contributed by atoms with Crippen molar-refractivity contribution in [3.63, 3.8) is 0 Å². The lowest BCUT2D eigenvalue weighted by molar-refractivity contribution is 0.237. The summed E-state index contributed by atoms with van der Waals surface area (Å²) < 4.78 is 12.2. The third-order valence-electron chi connectivity index (χ3n) is 3.10. The standard InChI is InChI=1S/C15H33O2PS2/c1-8-15(6,7)20-18(19,16-11-9-13(2)3)17-12-10-14(4)5/h13-14H,8-12H2,1-7H3. The average molecular weight is 341 g/mol. The largest absolute Gasteiger partial charge is 0.322 e. The minimum atomic E-state index is -2.22. The molecule has 0 atom stereocenters. The van der Waals surface area contributed by atoms with E-state index >= 15 is 0 Å². The molecule has 0 rings (SSSR count). The Kier molecular flexibility index (Phi) is 10.3. The van der Waals surface area contributed by atoms with E-state index in [4.69, 9.17) is 20.9 Å². The van der Waals surface area contributed by atoms with Gasteiger partial charge < -0.3 is 9.05 Å². The quantitative estimate of drug-likeness (QED) is 0.413. The number of hydrogen-bond donors (Lipinski definition) is 0. The molecular weight excluding hydrogens is 307 g/mol. The fourth-order valence-corrected chi connectivity index (χ4v) is 8.06. The van der Waals surface area contributed by atoms with E-state index in [0.717, 1.165) is 19.3 Å². The molecule has 0 spiro atoms. The van der Waals surface area contributed by atoms with Crippen LogP contribution in [-0.4, -0.2) is 18.0 Å². The van der Waals surface area contributed by atoms with E-state index in [1.165, 1.54) is 0 Å². The van der Waals surface area contributed by atoms with Gasteiger partial charge in [-0.25, -0.2) is 0 Å². The van der Waals surface area contributed by atoms with Gasteiger partial charge in [0.1, 0.15) is 0 Å². The van der Waals surface area contributed by atoms with Crippen LogP contribution in [0.4, 0.5) is 0 Å². The zero-order valence-corrected chi connectivity index (χ0v) is 16.8. The summed E-state index contributed by atoms with van der Waals surface area (Å²) in [6.45, 7) is 16.9. The predicted molar refractivity (Wildman–Crippen MR) is 97.1 cm³/mol. The molecule has 5 heteroatoms. The summed E-state index contributed by atoms with van der Waals surface area (Å²) in [5.74, 6) is 1.27. The minimum Gasteiger partial charge on any atom is -0.322 e. The highest BCUT2D eigenvalue weighted by atomic mass is 32.9. The first-order chi connectivity index (χ1) is 9.10. The average Bonchev–Trinajstić information content (AvgIpc) is 2.27. The van der Waals surface area contributed by atoms with E-state index in [0.29, 0.717) is 25.0 Å². The van der Waals surface area contributed by atoms with Crippen molar-refractivity contribution in [3.8, 4) is 0 Å². The smallest absolute Gasteiger partial charge is 0.247 e. The molecular formula is C15H33O2PS2. The summed E-state index contributed by atoms with van der Waals surface area (Å²) in [7, 11) is 0. The topological polar surface area (TPSA) is 18.5 Å². The molecule has 0 aromatic carbocycles. The van der Waals surface area contributed by atoms with Crippen molar-refractivity contribution in [1.29, 1.82) is 0 Å². The highest BCUT2D eigenvalue weighted by molar-refractivity contribution is 8.68. The normalized spacial score (nSPS) is 13.4. The SMILES string of the molecule is CCC(C)(C)SP(=S)(OCCC(C)C)OCCC(C)C. The molecule has 0 N–H and O–H groups in total. The molecule has 0 aliphatic heterocycles. The molecule has 0 bridgehead atoms. The molecule has 0 aliphatic rings. The molecule has 0 radical (unpaired) electrons. The zero-order valence-electron chi connectivity index (χ0n) is 14.3. The second kappa shape index (κ2) is 9.84. The van der Waals surface area contributed by atoms with Crippen LogP contribution in [0.1, 0.15) is 67.7 Å². The van der Waals surface area contributed by atoms with Gasteiger partial charge in [0.15, 0.2) is 0 Å². The van der Waals surface area contributed by atoms with Gasteiger partial charge in [-0.3, -0.25) is 0 Å². The number of hydrogen-bond acceptors (Lipinski definition) is 4. The van der Waals surface area contributed by atoms with E-state index < -0.39 is 5.69 Å². The lowest BCUT2D eigenvalue weighted by Gasteiger charge is -2.30. The second-order valence-electron chi connectivity index (χ2n) is 6.68. The third-order valence-corrected chi connectivity index (χ3v) is 9.19. The first kappa shape index (κ1) is 20.9. The highest BCUT2D eigenvalue weighted by Crippen LogP contribution is 2.66. The molecule has 2 nitrogen and oxygen atoms in total. The lowest BCUT2D eigenvalue weighted by atomic mass is 10.1. The maximum Gasteiger partial charge on any atom is 0.247 e. The van der Waals surface area contributed by atoms with Crippen molar-refractivity contribution in [2.45, 2.75) is 72.5 Å². The first-order valence-corrected chi connectivity index (χ1v) is 11.8. The first-order valence-electron chi connectivity index (χ1n) is 7.70. The van der Waals surface area contributed by atoms with Gasteiger partial charge in [0.05, 0.1) is 13.2 Å². The van der Waals surface area contributed by atoms with Crippen LogP contribution >= 0.6 is 17.1 Å². The van der Waals surface area contributed by atoms with E-state index in [1.54, 1.807) is 11.4 Å². The van der Waals surface area contributed by atoms with Gasteiger partial charge in [-0.15, -0.1) is 0 Å². The van der Waals surface area contributed by atoms with Gasteiger partial charge in [-0.1, -0.05) is 59.8 Å². The Hall–Kier alpha value is 0.920. The monoisotopic (exact) mass is 340 g/mol. The van der Waals surface area contributed by atoms with Crippen molar-refractivity contribution in [1.82, 2.24) is 0 Å². The Morgan fingerprint density at radius 3 is 1.70 bits per heavy atom. The third kappa shape index (κ3) is 10.6. The molecule has 0 aromatic heterocycles. The molecule has 0 aromatic rings. The summed E-state index contributed by atoms with van der Waals surface area (Å²) in [5.41, 5.74) is -2.22. The zero-order chi connectivity index (χ0) is 15.8. The summed E-state index contributed by atoms with van der Waals surface area (Å²) in [4.78, 5) is 0. The Morgan fingerprint density at radius 2 is 1.40 bits per heavy atom. The van der Waals surface area contributed by atoms with Crippen LogP contribution in [0.3, 0.4) is 0 Å². The Balaban J connectivity index is 4.54. The van der Waals surface area contributed by atoms with Crippen LogP contribution in [-0.2, 0) is 20.9 Å². The molecule has 0 amide bonds. The van der Waals surface area contributed by atoms with Crippen LogP contribution in [0.5, 0.6) is 0 Å². The Bertz CT molecular complexity index is 286. The van der Waals surface area contributed by atoms with E-state index in [-0.39, 0.29) is 4.75 Å². The van der Waals surface area contributed by atoms with Gasteiger partial charge in [-0.05, 0) is 42.9 Å². The fraction of sp³-hybridized carbons (Fsp3) is 1.00. The van der Waals surface area contributed by atoms with Crippen LogP contribution in [0.2, 0.25) is 0 Å². The minimum absolute atomic E-state index is 0.116. The fourth-order valence-electron chi connectivity index (χ4n) is 1.26. The molecule has 122 valence electrons.